The Labute approximate surface area is 115 Å². The summed E-state index contributed by atoms with van der Waals surface area (Å²) in [6, 6.07) is 5.74. The van der Waals surface area contributed by atoms with E-state index in [-0.39, 0.29) is 0 Å². The predicted octanol–water partition coefficient (Wildman–Crippen LogP) is 3.02. The van der Waals surface area contributed by atoms with Gasteiger partial charge in [-0.05, 0) is 24.6 Å². The summed E-state index contributed by atoms with van der Waals surface area (Å²) in [6.07, 6.45) is 5.22. The highest BCUT2D eigenvalue weighted by Crippen LogP contribution is 2.27. The number of nitrogen functional groups attached to an aromatic ring is 1. The van der Waals surface area contributed by atoms with Crippen LogP contribution in [0.2, 0.25) is 5.02 Å². The van der Waals surface area contributed by atoms with Gasteiger partial charge in [0.25, 0.3) is 0 Å². The third-order valence-corrected chi connectivity index (χ3v) is 3.10. The molecule has 2 heterocycles. The summed E-state index contributed by atoms with van der Waals surface area (Å²) in [5.41, 5.74) is 8.36. The van der Waals surface area contributed by atoms with Crippen LogP contribution in [0.4, 0.5) is 17.3 Å². The minimum Gasteiger partial charge on any atom is -0.382 e. The predicted molar refractivity (Wildman–Crippen MR) is 76.9 cm³/mol. The molecular weight excluding hydrogens is 262 g/mol. The summed E-state index contributed by atoms with van der Waals surface area (Å²) in [4.78, 5) is 8.51. The highest BCUT2D eigenvalue weighted by molar-refractivity contribution is 6.33. The Kier molecular flexibility index (Phi) is 2.76. The molecule has 0 spiro atoms. The second kappa shape index (κ2) is 4.44. The summed E-state index contributed by atoms with van der Waals surface area (Å²) >= 11 is 6.16. The molecule has 0 aliphatic carbocycles. The molecule has 0 radical (unpaired) electrons. The third-order valence-electron chi connectivity index (χ3n) is 2.77. The average Bonchev–Trinajstić information content (AvgIpc) is 2.82. The third kappa shape index (κ3) is 2.20. The van der Waals surface area contributed by atoms with Crippen molar-refractivity contribution < 1.29 is 0 Å². The van der Waals surface area contributed by atoms with Gasteiger partial charge in [0.15, 0.2) is 11.5 Å². The number of hydrogen-bond acceptors (Lipinski definition) is 4. The second-order valence-electron chi connectivity index (χ2n) is 4.28. The number of anilines is 3. The number of rotatable bonds is 2. The zero-order valence-electron chi connectivity index (χ0n) is 10.3. The molecule has 0 aliphatic heterocycles. The standard InChI is InChI=1S/C13H12ClN5/c1-8-2-3-9(14)10(6-8)17-12-13-16-4-5-19(13)7-11(15)18-12/h2-7H,15H2,1H3,(H,17,18). The molecule has 0 atom stereocenters. The molecule has 0 saturated carbocycles. The van der Waals surface area contributed by atoms with E-state index < -0.39 is 0 Å². The number of nitrogens with zero attached hydrogens (tertiary/aromatic N) is 3. The zero-order chi connectivity index (χ0) is 13.4. The number of imidazole rings is 1. The van der Waals surface area contributed by atoms with Crippen LogP contribution in [-0.4, -0.2) is 14.4 Å². The maximum Gasteiger partial charge on any atom is 0.180 e. The highest BCUT2D eigenvalue weighted by atomic mass is 35.5. The van der Waals surface area contributed by atoms with E-state index in [1.54, 1.807) is 12.4 Å². The lowest BCUT2D eigenvalue weighted by atomic mass is 10.2. The van der Waals surface area contributed by atoms with Crippen molar-refractivity contribution in [1.82, 2.24) is 14.4 Å². The average molecular weight is 274 g/mol. The van der Waals surface area contributed by atoms with Crippen molar-refractivity contribution >= 4 is 34.6 Å². The van der Waals surface area contributed by atoms with Gasteiger partial charge in [0.05, 0.1) is 16.9 Å². The van der Waals surface area contributed by atoms with Crippen molar-refractivity contribution in [3.05, 3.63) is 47.4 Å². The molecule has 0 fully saturated rings. The number of aromatic nitrogens is 3. The van der Waals surface area contributed by atoms with Gasteiger partial charge in [-0.1, -0.05) is 17.7 Å². The van der Waals surface area contributed by atoms with Crippen LogP contribution in [0.3, 0.4) is 0 Å². The molecule has 5 nitrogen and oxygen atoms in total. The van der Waals surface area contributed by atoms with E-state index in [0.29, 0.717) is 22.3 Å². The molecule has 3 rings (SSSR count). The Bertz CT molecular complexity index is 750. The Morgan fingerprint density at radius 2 is 2.21 bits per heavy atom. The first-order chi connectivity index (χ1) is 9.13. The first-order valence-electron chi connectivity index (χ1n) is 5.76. The van der Waals surface area contributed by atoms with Gasteiger partial charge in [0.2, 0.25) is 0 Å². The van der Waals surface area contributed by atoms with E-state index >= 15 is 0 Å². The molecule has 0 amide bonds. The Hall–Kier alpha value is -2.27. The van der Waals surface area contributed by atoms with Crippen LogP contribution in [0.25, 0.3) is 5.65 Å². The van der Waals surface area contributed by atoms with E-state index in [1.807, 2.05) is 35.7 Å². The maximum absolute atomic E-state index is 6.16. The van der Waals surface area contributed by atoms with Gasteiger partial charge in [-0.25, -0.2) is 9.97 Å². The zero-order valence-corrected chi connectivity index (χ0v) is 11.0. The SMILES string of the molecule is Cc1ccc(Cl)c(Nc2nc(N)cn3ccnc23)c1. The normalized spacial score (nSPS) is 10.8. The minimum absolute atomic E-state index is 0.414. The quantitative estimate of drug-likeness (QED) is 0.753. The maximum atomic E-state index is 6.16. The van der Waals surface area contributed by atoms with Crippen LogP contribution in [-0.2, 0) is 0 Å². The fourth-order valence-electron chi connectivity index (χ4n) is 1.90. The number of halogens is 1. The number of fused-ring (bicyclic) bond motifs is 1. The van der Waals surface area contributed by atoms with E-state index in [9.17, 15) is 0 Å². The first kappa shape index (κ1) is 11.8. The van der Waals surface area contributed by atoms with Gasteiger partial charge >= 0.3 is 0 Å². The van der Waals surface area contributed by atoms with Gasteiger partial charge in [0, 0.05) is 12.4 Å². The molecule has 0 aliphatic rings. The molecule has 19 heavy (non-hydrogen) atoms. The lowest BCUT2D eigenvalue weighted by Gasteiger charge is -2.10. The molecule has 1 aromatic carbocycles. The summed E-state index contributed by atoms with van der Waals surface area (Å²) in [7, 11) is 0. The lowest BCUT2D eigenvalue weighted by molar-refractivity contribution is 1.14. The van der Waals surface area contributed by atoms with Crippen LogP contribution in [0.5, 0.6) is 0 Å². The Morgan fingerprint density at radius 3 is 3.05 bits per heavy atom. The van der Waals surface area contributed by atoms with Gasteiger partial charge in [-0.2, -0.15) is 0 Å². The van der Waals surface area contributed by atoms with Crippen molar-refractivity contribution in [3.63, 3.8) is 0 Å². The first-order valence-corrected chi connectivity index (χ1v) is 6.13. The smallest absolute Gasteiger partial charge is 0.180 e. The summed E-state index contributed by atoms with van der Waals surface area (Å²) in [5.74, 6) is 0.995. The fraction of sp³-hybridized carbons (Fsp3) is 0.0769. The largest absolute Gasteiger partial charge is 0.382 e. The van der Waals surface area contributed by atoms with Gasteiger partial charge in [-0.3, -0.25) is 0 Å². The van der Waals surface area contributed by atoms with E-state index in [0.717, 1.165) is 11.3 Å². The van der Waals surface area contributed by atoms with Crippen molar-refractivity contribution in [3.8, 4) is 0 Å². The van der Waals surface area contributed by atoms with Crippen LogP contribution in [0.1, 0.15) is 5.56 Å². The molecule has 3 N–H and O–H groups in total. The summed E-state index contributed by atoms with van der Waals surface area (Å²) in [6.45, 7) is 2.00. The number of hydrogen-bond donors (Lipinski definition) is 2. The van der Waals surface area contributed by atoms with Crippen molar-refractivity contribution in [2.24, 2.45) is 0 Å². The van der Waals surface area contributed by atoms with Gasteiger partial charge in [-0.15, -0.1) is 0 Å². The number of nitrogens with one attached hydrogen (secondary N) is 1. The number of benzene rings is 1. The van der Waals surface area contributed by atoms with Gasteiger partial charge in [0.1, 0.15) is 5.82 Å². The molecule has 6 heteroatoms. The van der Waals surface area contributed by atoms with Crippen molar-refractivity contribution in [2.75, 3.05) is 11.1 Å². The summed E-state index contributed by atoms with van der Waals surface area (Å²) in [5, 5.41) is 3.80. The minimum atomic E-state index is 0.414. The van der Waals surface area contributed by atoms with E-state index in [4.69, 9.17) is 17.3 Å². The molecular formula is C13H12ClN5. The lowest BCUT2D eigenvalue weighted by Crippen LogP contribution is -2.02. The summed E-state index contributed by atoms with van der Waals surface area (Å²) < 4.78 is 1.81. The molecule has 0 saturated heterocycles. The second-order valence-corrected chi connectivity index (χ2v) is 4.69. The number of aryl methyl sites for hydroxylation is 1. The molecule has 3 aromatic rings. The Balaban J connectivity index is 2.10. The topological polar surface area (TPSA) is 68.2 Å². The monoisotopic (exact) mass is 273 g/mol. The van der Waals surface area contributed by atoms with Crippen LogP contribution in [0.15, 0.2) is 36.8 Å². The molecule has 2 aromatic heterocycles. The van der Waals surface area contributed by atoms with Crippen LogP contribution >= 0.6 is 11.6 Å². The van der Waals surface area contributed by atoms with E-state index in [1.165, 1.54) is 0 Å². The van der Waals surface area contributed by atoms with Gasteiger partial charge < -0.3 is 15.5 Å². The van der Waals surface area contributed by atoms with Crippen LogP contribution in [0, 0.1) is 6.92 Å². The van der Waals surface area contributed by atoms with E-state index in [2.05, 4.69) is 15.3 Å². The fourth-order valence-corrected chi connectivity index (χ4v) is 2.06. The van der Waals surface area contributed by atoms with Crippen molar-refractivity contribution in [1.29, 1.82) is 0 Å². The van der Waals surface area contributed by atoms with Crippen molar-refractivity contribution in [2.45, 2.75) is 6.92 Å². The molecule has 0 bridgehead atoms. The van der Waals surface area contributed by atoms with Crippen LogP contribution < -0.4 is 11.1 Å². The Morgan fingerprint density at radius 1 is 1.37 bits per heavy atom. The molecule has 96 valence electrons. The highest BCUT2D eigenvalue weighted by Gasteiger charge is 2.08. The number of nitrogens with two attached hydrogens (primary N) is 1. The molecule has 0 unspecified atom stereocenters.